The molecule has 278 valence electrons. The van der Waals surface area contributed by atoms with Gasteiger partial charge in [0.2, 0.25) is 5.79 Å². The smallest absolute Gasteiger partial charge is 0.311 e. The summed E-state index contributed by atoms with van der Waals surface area (Å²) in [6, 6.07) is 21.4. The maximum absolute atomic E-state index is 12.0. The first-order chi connectivity index (χ1) is 24.2. The van der Waals surface area contributed by atoms with Gasteiger partial charge in [0.15, 0.2) is 5.79 Å². The van der Waals surface area contributed by atoms with E-state index in [1.54, 1.807) is 0 Å². The number of carbonyl (C=O) groups excluding carboxylic acids is 1. The molecule has 0 amide bonds. The summed E-state index contributed by atoms with van der Waals surface area (Å²) < 4.78 is 39.4. The molecular formula is C42H58O8Si. The molecule has 9 heteroatoms. The zero-order valence-electron chi connectivity index (χ0n) is 31.6. The molecule has 51 heavy (non-hydrogen) atoms. The second-order valence-corrected chi connectivity index (χ2v) is 21.2. The van der Waals surface area contributed by atoms with Crippen molar-refractivity contribution in [3.05, 3.63) is 84.7 Å². The number of hydrogen-bond acceptors (Lipinski definition) is 8. The van der Waals surface area contributed by atoms with Gasteiger partial charge >= 0.3 is 5.97 Å². The van der Waals surface area contributed by atoms with Gasteiger partial charge in [-0.3, -0.25) is 4.79 Å². The van der Waals surface area contributed by atoms with Gasteiger partial charge in [-0.05, 0) is 67.9 Å². The van der Waals surface area contributed by atoms with Crippen molar-refractivity contribution in [2.75, 3.05) is 13.2 Å². The lowest BCUT2D eigenvalue weighted by Crippen LogP contribution is -2.67. The Morgan fingerprint density at radius 1 is 0.941 bits per heavy atom. The third kappa shape index (κ3) is 7.80. The highest BCUT2D eigenvalue weighted by Gasteiger charge is 2.62. The summed E-state index contributed by atoms with van der Waals surface area (Å²) in [5, 5.41) is 13.5. The van der Waals surface area contributed by atoms with Gasteiger partial charge in [-0.15, -0.1) is 0 Å². The summed E-state index contributed by atoms with van der Waals surface area (Å²) in [6.07, 6.45) is 10.0. The number of aliphatic hydroxyl groups excluding tert-OH is 1. The number of carbonyl (C=O) groups is 1. The minimum Gasteiger partial charge on any atom is -0.507 e. The SMILES string of the molecule is C[C@H]1C[C@@H]2O[C@@H](CO[Si](c3ccccc3)(c3ccccc3)C(C)(C)C)C[C@@H]2O[C@@]12CC[C@@]1(O[C@H](/C=C/CCCOC(=O)C(C)(C)C)CC=C1O)O2. The Morgan fingerprint density at radius 2 is 1.61 bits per heavy atom. The van der Waals surface area contributed by atoms with Crippen molar-refractivity contribution in [3.63, 3.8) is 0 Å². The van der Waals surface area contributed by atoms with E-state index < -0.39 is 25.3 Å². The maximum atomic E-state index is 12.0. The Hall–Kier alpha value is -2.79. The first-order valence-electron chi connectivity index (χ1n) is 18.9. The molecule has 4 aliphatic heterocycles. The average Bonchev–Trinajstić information content (AvgIpc) is 3.66. The summed E-state index contributed by atoms with van der Waals surface area (Å²) >= 11 is 0. The van der Waals surface area contributed by atoms with Gasteiger partial charge in [0.25, 0.3) is 8.32 Å². The van der Waals surface area contributed by atoms with E-state index in [2.05, 4.69) is 94.4 Å². The van der Waals surface area contributed by atoms with Crippen LogP contribution in [0.3, 0.4) is 0 Å². The van der Waals surface area contributed by atoms with Crippen molar-refractivity contribution in [1.29, 1.82) is 0 Å². The van der Waals surface area contributed by atoms with Crippen LogP contribution in [0.5, 0.6) is 0 Å². The van der Waals surface area contributed by atoms with Crippen molar-refractivity contribution in [1.82, 2.24) is 0 Å². The summed E-state index contributed by atoms with van der Waals surface area (Å²) in [7, 11) is -2.70. The van der Waals surface area contributed by atoms with Gasteiger partial charge in [-0.2, -0.15) is 0 Å². The molecule has 4 heterocycles. The van der Waals surface area contributed by atoms with Crippen molar-refractivity contribution in [2.24, 2.45) is 11.3 Å². The number of fused-ring (bicyclic) bond motifs is 1. The number of benzene rings is 2. The number of rotatable bonds is 10. The van der Waals surface area contributed by atoms with Gasteiger partial charge in [0.05, 0.1) is 43.0 Å². The van der Waals surface area contributed by atoms with Crippen LogP contribution >= 0.6 is 0 Å². The molecule has 0 aromatic heterocycles. The summed E-state index contributed by atoms with van der Waals surface area (Å²) in [5.41, 5.74) is -0.500. The molecule has 7 atom stereocenters. The van der Waals surface area contributed by atoms with E-state index in [4.69, 9.17) is 28.1 Å². The third-order valence-corrected chi connectivity index (χ3v) is 16.0. The first kappa shape index (κ1) is 37.9. The fraction of sp³-hybridized carbons (Fsp3) is 0.595. The van der Waals surface area contributed by atoms with Gasteiger partial charge in [0.1, 0.15) is 5.76 Å². The highest BCUT2D eigenvalue weighted by molar-refractivity contribution is 6.99. The Kier molecular flexibility index (Phi) is 11.1. The van der Waals surface area contributed by atoms with Crippen molar-refractivity contribution < 1.29 is 38.0 Å². The van der Waals surface area contributed by atoms with E-state index in [1.165, 1.54) is 10.4 Å². The molecule has 1 N–H and O–H groups in total. The van der Waals surface area contributed by atoms with E-state index >= 15 is 0 Å². The van der Waals surface area contributed by atoms with Crippen LogP contribution in [0.4, 0.5) is 0 Å². The number of aliphatic hydroxyl groups is 1. The molecule has 2 aromatic rings. The second kappa shape index (κ2) is 14.9. The third-order valence-electron chi connectivity index (χ3n) is 11.0. The average molecular weight is 719 g/mol. The lowest BCUT2D eigenvalue weighted by Gasteiger charge is -2.45. The standard InChI is InChI=1S/C42H58O8Si/c1-30-27-35-36(28-32(47-35)29-46-51(40(5,6)7,33-18-12-8-13-19-33)34-20-14-9-15-21-34)49-41(30)24-25-42(50-41)37(43)23-22-31(48-42)17-11-10-16-26-45-38(44)39(2,3)4/h8-9,11-15,17-21,23,30-32,35-36,43H,10,16,22,24-29H2,1-7H3/b17-11+/t30-,31+,32+,35-,36-,41+,42+/m0/s1. The molecule has 8 nitrogen and oxygen atoms in total. The molecule has 3 fully saturated rings. The molecule has 3 saturated heterocycles. The fourth-order valence-corrected chi connectivity index (χ4v) is 12.8. The van der Waals surface area contributed by atoms with Crippen molar-refractivity contribution in [3.8, 4) is 0 Å². The zero-order chi connectivity index (χ0) is 36.5. The number of hydrogen-bond donors (Lipinski definition) is 1. The minimum absolute atomic E-state index is 0.0394. The van der Waals surface area contributed by atoms with Crippen LogP contribution < -0.4 is 10.4 Å². The van der Waals surface area contributed by atoms with Crippen LogP contribution in [0.25, 0.3) is 0 Å². The summed E-state index contributed by atoms with van der Waals surface area (Å²) in [5.74, 6) is -2.14. The molecule has 2 aromatic carbocycles. The number of ether oxygens (including phenoxy) is 5. The Labute approximate surface area is 305 Å². The normalized spacial score (nSPS) is 31.3. The lowest BCUT2D eigenvalue weighted by molar-refractivity contribution is -0.363. The maximum Gasteiger partial charge on any atom is 0.311 e. The Morgan fingerprint density at radius 3 is 2.24 bits per heavy atom. The van der Waals surface area contributed by atoms with E-state index in [-0.39, 0.29) is 47.1 Å². The van der Waals surface area contributed by atoms with E-state index in [1.807, 2.05) is 32.9 Å². The molecule has 2 spiro atoms. The van der Waals surface area contributed by atoms with Crippen molar-refractivity contribution in [2.45, 2.75) is 134 Å². The van der Waals surface area contributed by atoms with Gasteiger partial charge in [-0.1, -0.05) is 101 Å². The largest absolute Gasteiger partial charge is 0.507 e. The second-order valence-electron chi connectivity index (χ2n) is 16.9. The molecule has 0 bridgehead atoms. The highest BCUT2D eigenvalue weighted by atomic mass is 28.4. The fourth-order valence-electron chi connectivity index (χ4n) is 8.22. The van der Waals surface area contributed by atoms with Crippen LogP contribution in [0.15, 0.2) is 84.7 Å². The quantitative estimate of drug-likeness (QED) is 0.117. The van der Waals surface area contributed by atoms with Gasteiger partial charge in [0, 0.05) is 25.2 Å². The first-order valence-corrected chi connectivity index (χ1v) is 20.8. The molecule has 4 aliphatic rings. The van der Waals surface area contributed by atoms with Crippen LogP contribution in [-0.4, -0.2) is 68.6 Å². The van der Waals surface area contributed by atoms with Crippen LogP contribution in [-0.2, 0) is 32.9 Å². The Balaban J connectivity index is 1.09. The highest BCUT2D eigenvalue weighted by Crippen LogP contribution is 2.54. The molecule has 0 aliphatic carbocycles. The number of unbranched alkanes of at least 4 members (excludes halogenated alkanes) is 1. The molecule has 0 unspecified atom stereocenters. The monoisotopic (exact) mass is 718 g/mol. The molecule has 0 radical (unpaired) electrons. The summed E-state index contributed by atoms with van der Waals surface area (Å²) in [4.78, 5) is 12.0. The van der Waals surface area contributed by atoms with E-state index in [9.17, 15) is 9.90 Å². The van der Waals surface area contributed by atoms with E-state index in [0.717, 1.165) is 19.3 Å². The van der Waals surface area contributed by atoms with Gasteiger partial charge < -0.3 is 33.2 Å². The minimum atomic E-state index is -2.70. The zero-order valence-corrected chi connectivity index (χ0v) is 32.6. The van der Waals surface area contributed by atoms with Gasteiger partial charge in [-0.25, -0.2) is 0 Å². The number of esters is 1. The lowest BCUT2D eigenvalue weighted by atomic mass is 9.86. The van der Waals surface area contributed by atoms with Crippen molar-refractivity contribution >= 4 is 24.7 Å². The topological polar surface area (TPSA) is 92.7 Å². The molecule has 0 saturated carbocycles. The van der Waals surface area contributed by atoms with Crippen LogP contribution in [0, 0.1) is 11.3 Å². The molecular weight excluding hydrogens is 661 g/mol. The summed E-state index contributed by atoms with van der Waals surface area (Å²) in [6.45, 7) is 15.5. The van der Waals surface area contributed by atoms with Crippen LogP contribution in [0.1, 0.15) is 93.4 Å². The number of allylic oxidation sites excluding steroid dienone is 1. The predicted molar refractivity (Wildman–Crippen MR) is 200 cm³/mol. The Bertz CT molecular complexity index is 1510. The van der Waals surface area contributed by atoms with E-state index in [0.29, 0.717) is 38.9 Å². The molecule has 6 rings (SSSR count). The predicted octanol–water partition coefficient (Wildman–Crippen LogP) is 7.51. The van der Waals surface area contributed by atoms with Crippen LogP contribution in [0.2, 0.25) is 5.04 Å².